The van der Waals surface area contributed by atoms with E-state index in [0.717, 1.165) is 13.0 Å². The lowest BCUT2D eigenvalue weighted by atomic mass is 10.4. The van der Waals surface area contributed by atoms with E-state index >= 15 is 0 Å². The lowest BCUT2D eigenvalue weighted by molar-refractivity contribution is 0.180. The molecule has 3 heteroatoms. The van der Waals surface area contributed by atoms with Gasteiger partial charge in [0.2, 0.25) is 0 Å². The number of ether oxygens (including phenoxy) is 1. The molecule has 0 radical (unpaired) electrons. The molecule has 0 aromatic carbocycles. The maximum Gasteiger partial charge on any atom is 0.125 e. The molecule has 1 rings (SSSR count). The Kier molecular flexibility index (Phi) is 2.13. The van der Waals surface area contributed by atoms with Gasteiger partial charge in [-0.3, -0.25) is 0 Å². The second kappa shape index (κ2) is 2.46. The van der Waals surface area contributed by atoms with E-state index in [4.69, 9.17) is 4.74 Å². The van der Waals surface area contributed by atoms with Crippen LogP contribution in [-0.2, 0) is 4.74 Å². The minimum absolute atomic E-state index is 0.243. The molecule has 0 saturated carbocycles. The van der Waals surface area contributed by atoms with Gasteiger partial charge in [-0.1, -0.05) is 31.9 Å². The van der Waals surface area contributed by atoms with E-state index in [2.05, 4.69) is 31.9 Å². The normalized spacial score (nSPS) is 42.0. The Balaban J connectivity index is 2.33. The van der Waals surface area contributed by atoms with Gasteiger partial charge in [0.05, 0.1) is 4.83 Å². The van der Waals surface area contributed by atoms with Crippen molar-refractivity contribution in [2.75, 3.05) is 6.61 Å². The molecule has 0 N–H and O–H groups in total. The zero-order chi connectivity index (χ0) is 5.28. The number of hydrogen-bond acceptors (Lipinski definition) is 1. The van der Waals surface area contributed by atoms with E-state index in [9.17, 15) is 0 Å². The maximum absolute atomic E-state index is 5.13. The first-order valence-electron chi connectivity index (χ1n) is 2.20. The van der Waals surface area contributed by atoms with Gasteiger partial charge in [0, 0.05) is 6.61 Å². The molecular weight excluding hydrogens is 224 g/mol. The summed E-state index contributed by atoms with van der Waals surface area (Å²) >= 11 is 6.77. The molecular formula is C4H6Br2O. The first kappa shape index (κ1) is 6.05. The summed E-state index contributed by atoms with van der Waals surface area (Å²) < 4.78 is 5.13. The smallest absolute Gasteiger partial charge is 0.125 e. The van der Waals surface area contributed by atoms with Crippen LogP contribution in [0.15, 0.2) is 0 Å². The van der Waals surface area contributed by atoms with Crippen LogP contribution < -0.4 is 0 Å². The lowest BCUT2D eigenvalue weighted by Crippen LogP contribution is -2.04. The molecule has 1 aliphatic rings. The van der Waals surface area contributed by atoms with Crippen molar-refractivity contribution in [3.05, 3.63) is 0 Å². The van der Waals surface area contributed by atoms with E-state index < -0.39 is 0 Å². The lowest BCUT2D eigenvalue weighted by Gasteiger charge is -2.00. The third-order valence-corrected chi connectivity index (χ3v) is 3.50. The summed E-state index contributed by atoms with van der Waals surface area (Å²) in [5.41, 5.74) is 0. The van der Waals surface area contributed by atoms with Crippen molar-refractivity contribution in [3.8, 4) is 0 Å². The van der Waals surface area contributed by atoms with Gasteiger partial charge < -0.3 is 4.74 Å². The van der Waals surface area contributed by atoms with Gasteiger partial charge in [-0.25, -0.2) is 0 Å². The molecule has 0 aliphatic carbocycles. The molecule has 1 saturated heterocycles. The summed E-state index contributed by atoms with van der Waals surface area (Å²) in [6.45, 7) is 0.881. The van der Waals surface area contributed by atoms with Crippen molar-refractivity contribution >= 4 is 31.9 Å². The fourth-order valence-electron chi connectivity index (χ4n) is 0.529. The van der Waals surface area contributed by atoms with Crippen molar-refractivity contribution < 1.29 is 4.74 Å². The monoisotopic (exact) mass is 228 g/mol. The molecule has 2 atom stereocenters. The summed E-state index contributed by atoms with van der Waals surface area (Å²) in [5, 5.41) is 0.243. The SMILES string of the molecule is Br[C@@H]1CCO[C@@H]1Br. The van der Waals surface area contributed by atoms with Gasteiger partial charge in [-0.2, -0.15) is 0 Å². The first-order chi connectivity index (χ1) is 3.30. The summed E-state index contributed by atoms with van der Waals surface area (Å²) in [4.78, 5) is 0.521. The van der Waals surface area contributed by atoms with Crippen LogP contribution in [0.4, 0.5) is 0 Å². The topological polar surface area (TPSA) is 9.23 Å². The first-order valence-corrected chi connectivity index (χ1v) is 4.03. The minimum Gasteiger partial charge on any atom is -0.366 e. The predicted octanol–water partition coefficient (Wildman–Crippen LogP) is 1.89. The number of hydrogen-bond donors (Lipinski definition) is 0. The van der Waals surface area contributed by atoms with Crippen LogP contribution in [0.5, 0.6) is 0 Å². The van der Waals surface area contributed by atoms with Crippen LogP contribution in [0.25, 0.3) is 0 Å². The van der Waals surface area contributed by atoms with Gasteiger partial charge in [0.25, 0.3) is 0 Å². The third kappa shape index (κ3) is 1.40. The molecule has 0 aromatic rings. The molecule has 7 heavy (non-hydrogen) atoms. The van der Waals surface area contributed by atoms with Gasteiger partial charge in [0.1, 0.15) is 5.01 Å². The van der Waals surface area contributed by atoms with Crippen LogP contribution in [0.3, 0.4) is 0 Å². The summed E-state index contributed by atoms with van der Waals surface area (Å²) in [6.07, 6.45) is 1.12. The van der Waals surface area contributed by atoms with Crippen molar-refractivity contribution in [1.29, 1.82) is 0 Å². The Bertz CT molecular complexity index is 58.7. The van der Waals surface area contributed by atoms with Crippen molar-refractivity contribution in [3.63, 3.8) is 0 Å². The Hall–Kier alpha value is 0.920. The average molecular weight is 230 g/mol. The highest BCUT2D eigenvalue weighted by molar-refractivity contribution is 9.12. The Morgan fingerprint density at radius 2 is 2.14 bits per heavy atom. The molecule has 0 unspecified atom stereocenters. The van der Waals surface area contributed by atoms with Crippen LogP contribution in [0, 0.1) is 0 Å². The molecule has 0 amide bonds. The minimum atomic E-state index is 0.243. The molecule has 42 valence electrons. The molecule has 0 aromatic heterocycles. The summed E-state index contributed by atoms with van der Waals surface area (Å²) in [6, 6.07) is 0. The zero-order valence-corrected chi connectivity index (χ0v) is 6.91. The standard InChI is InChI=1S/C4H6Br2O/c5-3-1-2-7-4(3)6/h3-4H,1-2H2/t3-,4+/m1/s1. The zero-order valence-electron chi connectivity index (χ0n) is 3.73. The highest BCUT2D eigenvalue weighted by Crippen LogP contribution is 2.24. The average Bonchev–Trinajstić information content (AvgIpc) is 1.91. The predicted molar refractivity (Wildman–Crippen MR) is 36.0 cm³/mol. The van der Waals surface area contributed by atoms with Crippen molar-refractivity contribution in [2.24, 2.45) is 0 Å². The van der Waals surface area contributed by atoms with Gasteiger partial charge in [-0.05, 0) is 6.42 Å². The summed E-state index contributed by atoms with van der Waals surface area (Å²) in [7, 11) is 0. The fraction of sp³-hybridized carbons (Fsp3) is 1.00. The van der Waals surface area contributed by atoms with E-state index in [1.807, 2.05) is 0 Å². The Morgan fingerprint density at radius 1 is 1.43 bits per heavy atom. The van der Waals surface area contributed by atoms with Gasteiger partial charge in [-0.15, -0.1) is 0 Å². The highest BCUT2D eigenvalue weighted by Gasteiger charge is 2.21. The molecule has 1 aliphatic heterocycles. The molecule has 1 heterocycles. The van der Waals surface area contributed by atoms with Crippen LogP contribution in [0.2, 0.25) is 0 Å². The van der Waals surface area contributed by atoms with E-state index in [1.165, 1.54) is 0 Å². The van der Waals surface area contributed by atoms with Gasteiger partial charge in [0.15, 0.2) is 0 Å². The Morgan fingerprint density at radius 3 is 2.29 bits per heavy atom. The second-order valence-electron chi connectivity index (χ2n) is 1.53. The Labute approximate surface area is 59.7 Å². The maximum atomic E-state index is 5.13. The third-order valence-electron chi connectivity index (χ3n) is 0.955. The van der Waals surface area contributed by atoms with Crippen LogP contribution >= 0.6 is 31.9 Å². The van der Waals surface area contributed by atoms with Gasteiger partial charge >= 0.3 is 0 Å². The molecule has 0 spiro atoms. The highest BCUT2D eigenvalue weighted by atomic mass is 79.9. The quantitative estimate of drug-likeness (QED) is 0.577. The molecule has 1 nitrogen and oxygen atoms in total. The molecule has 0 bridgehead atoms. The van der Waals surface area contributed by atoms with Crippen molar-refractivity contribution in [1.82, 2.24) is 0 Å². The van der Waals surface area contributed by atoms with Crippen LogP contribution in [0.1, 0.15) is 6.42 Å². The number of alkyl halides is 2. The molecule has 1 fully saturated rings. The number of rotatable bonds is 0. The summed E-state index contributed by atoms with van der Waals surface area (Å²) in [5.74, 6) is 0. The van der Waals surface area contributed by atoms with Crippen molar-refractivity contribution in [2.45, 2.75) is 16.3 Å². The van der Waals surface area contributed by atoms with E-state index in [-0.39, 0.29) is 5.01 Å². The fourth-order valence-corrected chi connectivity index (χ4v) is 1.32. The van der Waals surface area contributed by atoms with Crippen LogP contribution in [-0.4, -0.2) is 16.4 Å². The van der Waals surface area contributed by atoms with E-state index in [1.54, 1.807) is 0 Å². The van der Waals surface area contributed by atoms with E-state index in [0.29, 0.717) is 4.83 Å². The number of halogens is 2. The second-order valence-corrected chi connectivity index (χ2v) is 3.61. The largest absolute Gasteiger partial charge is 0.366 e.